The SMILES string of the molecule is COc1ccc(F)cc1-c1csc(-c2ccc(NC(=O)c3cccs3)cc2)n1. The van der Waals surface area contributed by atoms with E-state index in [2.05, 4.69) is 10.3 Å². The fourth-order valence-electron chi connectivity index (χ4n) is 2.71. The quantitative estimate of drug-likeness (QED) is 0.443. The van der Waals surface area contributed by atoms with Crippen LogP contribution in [-0.4, -0.2) is 18.0 Å². The number of thiazole rings is 1. The average molecular weight is 410 g/mol. The molecule has 0 saturated heterocycles. The first kappa shape index (κ1) is 18.3. The monoisotopic (exact) mass is 410 g/mol. The van der Waals surface area contributed by atoms with Gasteiger partial charge < -0.3 is 10.1 Å². The first-order chi connectivity index (χ1) is 13.6. The van der Waals surface area contributed by atoms with E-state index in [4.69, 9.17) is 4.74 Å². The standard InChI is InChI=1S/C21H15FN2O2S2/c1-26-18-9-6-14(22)11-16(18)17-12-28-21(24-17)13-4-7-15(8-5-13)23-20(25)19-3-2-10-27-19/h2-12H,1H3,(H,23,25). The van der Waals surface area contributed by atoms with Gasteiger partial charge in [-0.2, -0.15) is 0 Å². The smallest absolute Gasteiger partial charge is 0.265 e. The Bertz CT molecular complexity index is 1110. The number of benzene rings is 2. The van der Waals surface area contributed by atoms with Crippen molar-refractivity contribution in [1.29, 1.82) is 0 Å². The zero-order chi connectivity index (χ0) is 19.5. The zero-order valence-corrected chi connectivity index (χ0v) is 16.4. The van der Waals surface area contributed by atoms with Gasteiger partial charge in [-0.1, -0.05) is 6.07 Å². The Hall–Kier alpha value is -3.03. The zero-order valence-electron chi connectivity index (χ0n) is 14.8. The number of nitrogens with one attached hydrogen (secondary N) is 1. The Morgan fingerprint density at radius 2 is 1.93 bits per heavy atom. The van der Waals surface area contributed by atoms with Crippen molar-refractivity contribution in [1.82, 2.24) is 4.98 Å². The Balaban J connectivity index is 1.54. The molecule has 4 aromatic rings. The number of ether oxygens (including phenoxy) is 1. The van der Waals surface area contributed by atoms with Crippen molar-refractivity contribution in [2.45, 2.75) is 0 Å². The second-order valence-electron chi connectivity index (χ2n) is 5.89. The van der Waals surface area contributed by atoms with Crippen molar-refractivity contribution in [3.63, 3.8) is 0 Å². The summed E-state index contributed by atoms with van der Waals surface area (Å²) in [5, 5.41) is 7.42. The van der Waals surface area contributed by atoms with Crippen molar-refractivity contribution in [3.05, 3.63) is 76.1 Å². The highest BCUT2D eigenvalue weighted by Gasteiger charge is 2.13. The van der Waals surface area contributed by atoms with Crippen LogP contribution in [0.3, 0.4) is 0 Å². The van der Waals surface area contributed by atoms with Crippen LogP contribution in [0.15, 0.2) is 65.4 Å². The lowest BCUT2D eigenvalue weighted by Crippen LogP contribution is -2.09. The van der Waals surface area contributed by atoms with Crippen molar-refractivity contribution in [3.8, 4) is 27.6 Å². The minimum absolute atomic E-state index is 0.127. The van der Waals surface area contributed by atoms with Gasteiger partial charge in [0.25, 0.3) is 5.91 Å². The maximum Gasteiger partial charge on any atom is 0.265 e. The summed E-state index contributed by atoms with van der Waals surface area (Å²) in [5.41, 5.74) is 2.91. The predicted molar refractivity (Wildman–Crippen MR) is 112 cm³/mol. The maximum atomic E-state index is 13.6. The number of aromatic nitrogens is 1. The van der Waals surface area contributed by atoms with Gasteiger partial charge in [-0.3, -0.25) is 4.79 Å². The van der Waals surface area contributed by atoms with E-state index in [0.29, 0.717) is 27.6 Å². The lowest BCUT2D eigenvalue weighted by molar-refractivity contribution is 0.103. The number of amides is 1. The molecule has 2 aromatic heterocycles. The molecule has 0 bridgehead atoms. The molecule has 0 unspecified atom stereocenters. The van der Waals surface area contributed by atoms with Crippen molar-refractivity contribution >= 4 is 34.3 Å². The third kappa shape index (κ3) is 3.81. The van der Waals surface area contributed by atoms with Gasteiger partial charge in [0.2, 0.25) is 0 Å². The van der Waals surface area contributed by atoms with E-state index in [1.54, 1.807) is 19.2 Å². The van der Waals surface area contributed by atoms with Crippen molar-refractivity contribution < 1.29 is 13.9 Å². The van der Waals surface area contributed by atoms with Crippen LogP contribution in [0.1, 0.15) is 9.67 Å². The second-order valence-corrected chi connectivity index (χ2v) is 7.70. The number of anilines is 1. The molecule has 1 N–H and O–H groups in total. The Morgan fingerprint density at radius 3 is 2.64 bits per heavy atom. The molecule has 0 saturated carbocycles. The molecule has 2 aromatic carbocycles. The largest absolute Gasteiger partial charge is 0.496 e. The lowest BCUT2D eigenvalue weighted by atomic mass is 10.1. The van der Waals surface area contributed by atoms with E-state index in [1.165, 1.54) is 34.8 Å². The number of methoxy groups -OCH3 is 1. The van der Waals surface area contributed by atoms with Gasteiger partial charge in [0.1, 0.15) is 16.6 Å². The number of halogens is 1. The third-order valence-electron chi connectivity index (χ3n) is 4.08. The first-order valence-electron chi connectivity index (χ1n) is 8.39. The normalized spacial score (nSPS) is 10.6. The van der Waals surface area contributed by atoms with Crippen LogP contribution < -0.4 is 10.1 Å². The number of nitrogens with zero attached hydrogens (tertiary/aromatic N) is 1. The van der Waals surface area contributed by atoms with Crippen molar-refractivity contribution in [2.75, 3.05) is 12.4 Å². The van der Waals surface area contributed by atoms with Crippen LogP contribution in [0, 0.1) is 5.82 Å². The van der Waals surface area contributed by atoms with E-state index in [-0.39, 0.29) is 11.7 Å². The maximum absolute atomic E-state index is 13.6. The molecule has 7 heteroatoms. The van der Waals surface area contributed by atoms with E-state index in [1.807, 2.05) is 41.1 Å². The average Bonchev–Trinajstić information content (AvgIpc) is 3.41. The molecule has 0 spiro atoms. The molecule has 4 nitrogen and oxygen atoms in total. The number of thiophene rings is 1. The summed E-state index contributed by atoms with van der Waals surface area (Å²) in [6.07, 6.45) is 0. The van der Waals surface area contributed by atoms with Crippen molar-refractivity contribution in [2.24, 2.45) is 0 Å². The van der Waals surface area contributed by atoms with Crippen LogP contribution >= 0.6 is 22.7 Å². The van der Waals surface area contributed by atoms with Gasteiger partial charge in [0.05, 0.1) is 17.7 Å². The third-order valence-corrected chi connectivity index (χ3v) is 5.84. The number of hydrogen-bond acceptors (Lipinski definition) is 5. The number of hydrogen-bond donors (Lipinski definition) is 1. The number of carbonyl (C=O) groups is 1. The van der Waals surface area contributed by atoms with E-state index < -0.39 is 0 Å². The molecular weight excluding hydrogens is 395 g/mol. The minimum Gasteiger partial charge on any atom is -0.496 e. The molecule has 28 heavy (non-hydrogen) atoms. The topological polar surface area (TPSA) is 51.2 Å². The lowest BCUT2D eigenvalue weighted by Gasteiger charge is -2.06. The highest BCUT2D eigenvalue weighted by molar-refractivity contribution is 7.13. The Morgan fingerprint density at radius 1 is 1.11 bits per heavy atom. The summed E-state index contributed by atoms with van der Waals surface area (Å²) in [6.45, 7) is 0. The molecule has 1 amide bonds. The number of carbonyl (C=O) groups excluding carboxylic acids is 1. The summed E-state index contributed by atoms with van der Waals surface area (Å²) in [4.78, 5) is 17.4. The molecule has 0 radical (unpaired) electrons. The van der Waals surface area contributed by atoms with Gasteiger partial charge in [0.15, 0.2) is 0 Å². The van der Waals surface area contributed by atoms with Crippen LogP contribution in [0.4, 0.5) is 10.1 Å². The fraction of sp³-hybridized carbons (Fsp3) is 0.0476. The minimum atomic E-state index is -0.337. The van der Waals surface area contributed by atoms with Crippen LogP contribution in [0.2, 0.25) is 0 Å². The van der Waals surface area contributed by atoms with Gasteiger partial charge in [-0.15, -0.1) is 22.7 Å². The van der Waals surface area contributed by atoms with Gasteiger partial charge in [-0.05, 0) is 53.9 Å². The summed E-state index contributed by atoms with van der Waals surface area (Å²) in [5.74, 6) is 0.110. The highest BCUT2D eigenvalue weighted by Crippen LogP contribution is 2.34. The molecule has 4 rings (SSSR count). The van der Waals surface area contributed by atoms with E-state index in [9.17, 15) is 9.18 Å². The van der Waals surface area contributed by atoms with E-state index in [0.717, 1.165) is 10.6 Å². The summed E-state index contributed by atoms with van der Waals surface area (Å²) in [7, 11) is 1.55. The fourth-order valence-corrected chi connectivity index (χ4v) is 4.15. The molecule has 0 fully saturated rings. The predicted octanol–water partition coefficient (Wildman–Crippen LogP) is 5.94. The van der Waals surface area contributed by atoms with E-state index >= 15 is 0 Å². The van der Waals surface area contributed by atoms with Gasteiger partial charge in [-0.25, -0.2) is 9.37 Å². The summed E-state index contributed by atoms with van der Waals surface area (Å²) >= 11 is 2.86. The second kappa shape index (κ2) is 7.92. The van der Waals surface area contributed by atoms with Gasteiger partial charge in [0, 0.05) is 22.2 Å². The molecule has 0 atom stereocenters. The number of rotatable bonds is 5. The molecule has 140 valence electrons. The first-order valence-corrected chi connectivity index (χ1v) is 10.1. The molecule has 2 heterocycles. The van der Waals surface area contributed by atoms with Crippen LogP contribution in [0.25, 0.3) is 21.8 Å². The molecular formula is C21H15FN2O2S2. The molecule has 0 aliphatic rings. The van der Waals surface area contributed by atoms with Crippen LogP contribution in [0.5, 0.6) is 5.75 Å². The Kier molecular flexibility index (Phi) is 5.18. The Labute approximate surface area is 169 Å². The molecule has 0 aliphatic heterocycles. The van der Waals surface area contributed by atoms with Crippen LogP contribution in [-0.2, 0) is 0 Å². The highest BCUT2D eigenvalue weighted by atomic mass is 32.1. The van der Waals surface area contributed by atoms with Gasteiger partial charge >= 0.3 is 0 Å². The molecule has 0 aliphatic carbocycles. The summed E-state index contributed by atoms with van der Waals surface area (Å²) in [6, 6.07) is 15.5. The summed E-state index contributed by atoms with van der Waals surface area (Å²) < 4.78 is 18.9.